The lowest BCUT2D eigenvalue weighted by Crippen LogP contribution is -2.39. The van der Waals surface area contributed by atoms with Crippen molar-refractivity contribution in [2.45, 2.75) is 51.9 Å². The van der Waals surface area contributed by atoms with E-state index in [9.17, 15) is 14.4 Å². The van der Waals surface area contributed by atoms with Gasteiger partial charge in [-0.25, -0.2) is 4.98 Å². The van der Waals surface area contributed by atoms with E-state index in [-0.39, 0.29) is 23.7 Å². The number of hydrogen-bond acceptors (Lipinski definition) is 5. The second kappa shape index (κ2) is 7.98. The van der Waals surface area contributed by atoms with Crippen LogP contribution in [0, 0.1) is 11.8 Å². The van der Waals surface area contributed by atoms with Crippen LogP contribution in [-0.2, 0) is 14.4 Å². The third kappa shape index (κ3) is 4.29. The van der Waals surface area contributed by atoms with E-state index in [1.54, 1.807) is 6.20 Å². The van der Waals surface area contributed by atoms with Crippen molar-refractivity contribution in [2.75, 3.05) is 18.0 Å². The number of Topliss-reactive ketones (excluding diaryl/α,β-unsaturated/α-hetero) is 1. The molecule has 1 atom stereocenters. The molecule has 0 aromatic carbocycles. The van der Waals surface area contributed by atoms with E-state index >= 15 is 0 Å². The molecular weight excluding hydrogens is 330 g/mol. The van der Waals surface area contributed by atoms with Crippen LogP contribution in [0.25, 0.3) is 0 Å². The molecule has 140 valence electrons. The predicted octanol–water partition coefficient (Wildman–Crippen LogP) is 2.43. The minimum absolute atomic E-state index is 0.120. The van der Waals surface area contributed by atoms with Gasteiger partial charge in [-0.3, -0.25) is 19.7 Å². The Labute approximate surface area is 154 Å². The van der Waals surface area contributed by atoms with Crippen LogP contribution in [0.1, 0.15) is 57.4 Å². The van der Waals surface area contributed by atoms with Gasteiger partial charge in [-0.1, -0.05) is 19.9 Å². The summed E-state index contributed by atoms with van der Waals surface area (Å²) >= 11 is 0. The summed E-state index contributed by atoms with van der Waals surface area (Å²) in [5.74, 6) is 1.14. The maximum Gasteiger partial charge on any atom is 0.234 e. The Bertz CT molecular complexity index is 676. The Morgan fingerprint density at radius 2 is 1.96 bits per heavy atom. The fourth-order valence-electron chi connectivity index (χ4n) is 3.69. The van der Waals surface area contributed by atoms with Gasteiger partial charge in [0.05, 0.1) is 5.92 Å². The first-order chi connectivity index (χ1) is 12.4. The van der Waals surface area contributed by atoms with Crippen LogP contribution in [0.5, 0.6) is 0 Å². The lowest BCUT2D eigenvalue weighted by molar-refractivity contribution is -0.134. The lowest BCUT2D eigenvalue weighted by atomic mass is 9.89. The number of nitrogens with zero attached hydrogens (tertiary/aromatic N) is 2. The number of carbonyl (C=O) groups is 3. The summed E-state index contributed by atoms with van der Waals surface area (Å²) in [6, 6.07) is 3.90. The van der Waals surface area contributed by atoms with E-state index < -0.39 is 0 Å². The minimum atomic E-state index is -0.290. The lowest BCUT2D eigenvalue weighted by Gasteiger charge is -2.33. The van der Waals surface area contributed by atoms with Crippen molar-refractivity contribution < 1.29 is 14.4 Å². The summed E-state index contributed by atoms with van der Waals surface area (Å²) in [4.78, 5) is 41.9. The average Bonchev–Trinajstić information content (AvgIpc) is 2.62. The van der Waals surface area contributed by atoms with Gasteiger partial charge in [-0.2, -0.15) is 0 Å². The molecule has 3 heterocycles. The predicted molar refractivity (Wildman–Crippen MR) is 98.8 cm³/mol. The minimum Gasteiger partial charge on any atom is -0.357 e. The quantitative estimate of drug-likeness (QED) is 0.819. The van der Waals surface area contributed by atoms with E-state index in [2.05, 4.69) is 15.2 Å². The highest BCUT2D eigenvalue weighted by Gasteiger charge is 2.28. The van der Waals surface area contributed by atoms with E-state index in [0.717, 1.165) is 37.3 Å². The highest BCUT2D eigenvalue weighted by molar-refractivity contribution is 6.00. The zero-order valence-corrected chi connectivity index (χ0v) is 15.5. The molecule has 2 amide bonds. The molecule has 0 spiro atoms. The van der Waals surface area contributed by atoms with Crippen molar-refractivity contribution in [2.24, 2.45) is 11.8 Å². The molecule has 6 heteroatoms. The van der Waals surface area contributed by atoms with Crippen molar-refractivity contribution in [1.29, 1.82) is 0 Å². The fraction of sp³-hybridized carbons (Fsp3) is 0.600. The number of hydrogen-bond donors (Lipinski definition) is 1. The van der Waals surface area contributed by atoms with Gasteiger partial charge in [0.15, 0.2) is 0 Å². The van der Waals surface area contributed by atoms with Gasteiger partial charge in [-0.15, -0.1) is 0 Å². The van der Waals surface area contributed by atoms with Gasteiger partial charge < -0.3 is 4.90 Å². The molecular formula is C20H27N3O3. The van der Waals surface area contributed by atoms with E-state index in [1.165, 1.54) is 0 Å². The molecule has 6 nitrogen and oxygen atoms in total. The van der Waals surface area contributed by atoms with Gasteiger partial charge in [0, 0.05) is 38.0 Å². The molecule has 0 aliphatic carbocycles. The smallest absolute Gasteiger partial charge is 0.234 e. The Balaban J connectivity index is 1.56. The maximum absolute atomic E-state index is 12.0. The van der Waals surface area contributed by atoms with Crippen molar-refractivity contribution >= 4 is 23.4 Å². The summed E-state index contributed by atoms with van der Waals surface area (Å²) in [6.07, 6.45) is 5.38. The Hall–Kier alpha value is -2.24. The first-order valence-electron chi connectivity index (χ1n) is 9.51. The van der Waals surface area contributed by atoms with Crippen molar-refractivity contribution in [3.8, 4) is 0 Å². The van der Waals surface area contributed by atoms with Gasteiger partial charge in [0.2, 0.25) is 11.8 Å². The molecule has 2 aliphatic rings. The molecule has 1 aromatic rings. The summed E-state index contributed by atoms with van der Waals surface area (Å²) in [5, 5.41) is 2.39. The number of carbonyl (C=O) groups excluding carboxylic acids is 3. The summed E-state index contributed by atoms with van der Waals surface area (Å²) < 4.78 is 0. The average molecular weight is 357 g/mol. The molecule has 3 rings (SSSR count). The summed E-state index contributed by atoms with van der Waals surface area (Å²) in [6.45, 7) is 5.73. The van der Waals surface area contributed by atoms with Crippen LogP contribution >= 0.6 is 0 Å². The van der Waals surface area contributed by atoms with Crippen molar-refractivity contribution in [3.63, 3.8) is 0 Å². The zero-order chi connectivity index (χ0) is 18.7. The van der Waals surface area contributed by atoms with Crippen LogP contribution in [0.15, 0.2) is 18.3 Å². The topological polar surface area (TPSA) is 79.4 Å². The van der Waals surface area contributed by atoms with E-state index in [4.69, 9.17) is 0 Å². The fourth-order valence-corrected chi connectivity index (χ4v) is 3.69. The number of nitrogens with one attached hydrogen (secondary N) is 1. The standard InChI is InChI=1S/C20H27N3O3/c1-13(2)17(24)11-14-7-9-23(10-8-14)18-5-3-15(12-21-18)16-4-6-19(25)22-20(16)26/h3,5,12-14,16H,4,6-11H2,1-2H3,(H,22,25,26). The molecule has 2 aliphatic heterocycles. The second-order valence-corrected chi connectivity index (χ2v) is 7.71. The molecule has 0 saturated carbocycles. The van der Waals surface area contributed by atoms with Crippen LogP contribution < -0.4 is 10.2 Å². The number of pyridine rings is 1. The normalized spacial score (nSPS) is 21.8. The number of rotatable bonds is 5. The maximum atomic E-state index is 12.0. The van der Waals surface area contributed by atoms with E-state index in [1.807, 2.05) is 26.0 Å². The molecule has 1 aromatic heterocycles. The Morgan fingerprint density at radius 1 is 1.23 bits per heavy atom. The van der Waals surface area contributed by atoms with Gasteiger partial charge >= 0.3 is 0 Å². The molecule has 1 unspecified atom stereocenters. The second-order valence-electron chi connectivity index (χ2n) is 7.71. The highest BCUT2D eigenvalue weighted by atomic mass is 16.2. The van der Waals surface area contributed by atoms with Crippen LogP contribution in [0.2, 0.25) is 0 Å². The first kappa shape index (κ1) is 18.5. The van der Waals surface area contributed by atoms with Crippen molar-refractivity contribution in [1.82, 2.24) is 10.3 Å². The number of imide groups is 1. The number of amides is 2. The van der Waals surface area contributed by atoms with Crippen LogP contribution in [0.3, 0.4) is 0 Å². The number of piperidine rings is 2. The van der Waals surface area contributed by atoms with Crippen LogP contribution in [-0.4, -0.2) is 35.7 Å². The van der Waals surface area contributed by atoms with E-state index in [0.29, 0.717) is 31.0 Å². The molecule has 0 bridgehead atoms. The largest absolute Gasteiger partial charge is 0.357 e. The number of aromatic nitrogens is 1. The molecule has 2 saturated heterocycles. The molecule has 26 heavy (non-hydrogen) atoms. The third-order valence-corrected chi connectivity index (χ3v) is 5.48. The Morgan fingerprint density at radius 3 is 2.54 bits per heavy atom. The van der Waals surface area contributed by atoms with Gasteiger partial charge in [-0.05, 0) is 36.8 Å². The SMILES string of the molecule is CC(C)C(=O)CC1CCN(c2ccc(C3CCC(=O)NC3=O)cn2)CC1. The van der Waals surface area contributed by atoms with Gasteiger partial charge in [0.25, 0.3) is 0 Å². The van der Waals surface area contributed by atoms with Crippen molar-refractivity contribution in [3.05, 3.63) is 23.9 Å². The Kier molecular flexibility index (Phi) is 5.69. The monoisotopic (exact) mass is 357 g/mol. The number of anilines is 1. The molecule has 0 radical (unpaired) electrons. The summed E-state index contributed by atoms with van der Waals surface area (Å²) in [7, 11) is 0. The van der Waals surface area contributed by atoms with Gasteiger partial charge in [0.1, 0.15) is 11.6 Å². The molecule has 1 N–H and O–H groups in total. The highest BCUT2D eigenvalue weighted by Crippen LogP contribution is 2.28. The first-order valence-corrected chi connectivity index (χ1v) is 9.51. The van der Waals surface area contributed by atoms with Crippen LogP contribution in [0.4, 0.5) is 5.82 Å². The third-order valence-electron chi connectivity index (χ3n) is 5.48. The molecule has 2 fully saturated rings. The summed E-state index contributed by atoms with van der Waals surface area (Å²) in [5.41, 5.74) is 0.858. The number of ketones is 1. The zero-order valence-electron chi connectivity index (χ0n) is 15.5.